The van der Waals surface area contributed by atoms with Gasteiger partial charge in [-0.25, -0.2) is 4.79 Å². The zero-order valence-corrected chi connectivity index (χ0v) is 11.3. The minimum atomic E-state index is 0.0706. The van der Waals surface area contributed by atoms with Crippen LogP contribution in [0.5, 0.6) is 0 Å². The van der Waals surface area contributed by atoms with Crippen molar-refractivity contribution in [3.63, 3.8) is 0 Å². The summed E-state index contributed by atoms with van der Waals surface area (Å²) in [5.74, 6) is 0. The summed E-state index contributed by atoms with van der Waals surface area (Å²) in [6.45, 7) is 5.68. The van der Waals surface area contributed by atoms with E-state index in [2.05, 4.69) is 0 Å². The molecule has 0 radical (unpaired) electrons. The van der Waals surface area contributed by atoms with Crippen LogP contribution in [0.25, 0.3) is 0 Å². The minimum Gasteiger partial charge on any atom is -0.399 e. The van der Waals surface area contributed by atoms with Crippen molar-refractivity contribution in [2.24, 2.45) is 0 Å². The molecule has 0 saturated carbocycles. The number of nitrogens with two attached hydrogens (primary N) is 1. The van der Waals surface area contributed by atoms with E-state index >= 15 is 0 Å². The van der Waals surface area contributed by atoms with Gasteiger partial charge >= 0.3 is 6.03 Å². The summed E-state index contributed by atoms with van der Waals surface area (Å²) in [5.41, 5.74) is 7.27. The second-order valence-corrected chi connectivity index (χ2v) is 4.56. The molecule has 5 nitrogen and oxygen atoms in total. The Kier molecular flexibility index (Phi) is 4.63. The SMILES string of the molecule is CCOCCCN1CCN(c2ccc(N)cc2)C1=O. The van der Waals surface area contributed by atoms with Gasteiger partial charge in [-0.3, -0.25) is 4.90 Å². The highest BCUT2D eigenvalue weighted by atomic mass is 16.5. The van der Waals surface area contributed by atoms with E-state index in [9.17, 15) is 4.79 Å². The molecule has 1 aliphatic rings. The lowest BCUT2D eigenvalue weighted by atomic mass is 10.2. The molecule has 1 aromatic carbocycles. The van der Waals surface area contributed by atoms with Gasteiger partial charge in [-0.2, -0.15) is 0 Å². The maximum atomic E-state index is 12.2. The Hall–Kier alpha value is -1.75. The van der Waals surface area contributed by atoms with Crippen LogP contribution in [0.1, 0.15) is 13.3 Å². The molecule has 1 saturated heterocycles. The predicted octanol–water partition coefficient (Wildman–Crippen LogP) is 1.94. The average Bonchev–Trinajstić information content (AvgIpc) is 2.77. The van der Waals surface area contributed by atoms with Crippen molar-refractivity contribution in [3.8, 4) is 0 Å². The zero-order chi connectivity index (χ0) is 13.7. The molecule has 2 N–H and O–H groups in total. The number of anilines is 2. The van der Waals surface area contributed by atoms with Crippen LogP contribution >= 0.6 is 0 Å². The van der Waals surface area contributed by atoms with Crippen molar-refractivity contribution >= 4 is 17.4 Å². The molecular formula is C14H21N3O2. The van der Waals surface area contributed by atoms with Gasteiger partial charge in [-0.15, -0.1) is 0 Å². The number of nitrogen functional groups attached to an aromatic ring is 1. The van der Waals surface area contributed by atoms with Gasteiger partial charge in [0.25, 0.3) is 0 Å². The van der Waals surface area contributed by atoms with E-state index < -0.39 is 0 Å². The second-order valence-electron chi connectivity index (χ2n) is 4.56. The molecule has 0 aliphatic carbocycles. The Balaban J connectivity index is 1.88. The Morgan fingerprint density at radius 3 is 2.68 bits per heavy atom. The maximum Gasteiger partial charge on any atom is 0.324 e. The molecule has 5 heteroatoms. The van der Waals surface area contributed by atoms with Gasteiger partial charge in [0.15, 0.2) is 0 Å². The van der Waals surface area contributed by atoms with Crippen LogP contribution in [0.3, 0.4) is 0 Å². The lowest BCUT2D eigenvalue weighted by Gasteiger charge is -2.18. The van der Waals surface area contributed by atoms with Gasteiger partial charge in [0.2, 0.25) is 0 Å². The van der Waals surface area contributed by atoms with Gasteiger partial charge < -0.3 is 15.4 Å². The summed E-state index contributed by atoms with van der Waals surface area (Å²) in [7, 11) is 0. The first kappa shape index (κ1) is 13.7. The number of hydrogen-bond donors (Lipinski definition) is 1. The highest BCUT2D eigenvalue weighted by molar-refractivity contribution is 5.94. The third-order valence-electron chi connectivity index (χ3n) is 3.22. The quantitative estimate of drug-likeness (QED) is 0.630. The lowest BCUT2D eigenvalue weighted by Crippen LogP contribution is -2.32. The number of nitrogens with zero attached hydrogens (tertiary/aromatic N) is 2. The smallest absolute Gasteiger partial charge is 0.324 e. The Morgan fingerprint density at radius 2 is 2.00 bits per heavy atom. The molecule has 2 rings (SSSR count). The first-order valence-corrected chi connectivity index (χ1v) is 6.72. The van der Waals surface area contributed by atoms with Crippen LogP contribution in [0.4, 0.5) is 16.2 Å². The molecule has 0 atom stereocenters. The van der Waals surface area contributed by atoms with Crippen molar-refractivity contribution in [1.29, 1.82) is 0 Å². The van der Waals surface area contributed by atoms with Gasteiger partial charge in [-0.05, 0) is 37.6 Å². The van der Waals surface area contributed by atoms with E-state index in [-0.39, 0.29) is 6.03 Å². The summed E-state index contributed by atoms with van der Waals surface area (Å²) >= 11 is 0. The fraction of sp³-hybridized carbons (Fsp3) is 0.500. The summed E-state index contributed by atoms with van der Waals surface area (Å²) in [5, 5.41) is 0. The van der Waals surface area contributed by atoms with Gasteiger partial charge in [-0.1, -0.05) is 0 Å². The fourth-order valence-electron chi connectivity index (χ4n) is 2.19. The summed E-state index contributed by atoms with van der Waals surface area (Å²) < 4.78 is 5.29. The number of ether oxygens (including phenoxy) is 1. The standard InChI is InChI=1S/C14H21N3O2/c1-2-19-11-3-8-16-9-10-17(14(16)18)13-6-4-12(15)5-7-13/h4-7H,2-3,8-11,15H2,1H3. The first-order valence-electron chi connectivity index (χ1n) is 6.72. The van der Waals surface area contributed by atoms with E-state index in [1.165, 1.54) is 0 Å². The van der Waals surface area contributed by atoms with Crippen LogP contribution in [0.2, 0.25) is 0 Å². The van der Waals surface area contributed by atoms with Crippen LogP contribution in [-0.4, -0.2) is 43.8 Å². The number of rotatable bonds is 6. The first-order chi connectivity index (χ1) is 9.22. The van der Waals surface area contributed by atoms with Crippen molar-refractivity contribution in [2.45, 2.75) is 13.3 Å². The molecule has 104 valence electrons. The van der Waals surface area contributed by atoms with Gasteiger partial charge in [0.05, 0.1) is 0 Å². The largest absolute Gasteiger partial charge is 0.399 e. The molecule has 1 aromatic rings. The van der Waals surface area contributed by atoms with Crippen molar-refractivity contribution < 1.29 is 9.53 Å². The third kappa shape index (κ3) is 3.38. The second kappa shape index (κ2) is 6.43. The van der Waals surface area contributed by atoms with E-state index in [1.54, 1.807) is 4.90 Å². The predicted molar refractivity (Wildman–Crippen MR) is 76.3 cm³/mol. The molecule has 0 bridgehead atoms. The maximum absolute atomic E-state index is 12.2. The van der Waals surface area contributed by atoms with Gasteiger partial charge in [0, 0.05) is 44.2 Å². The van der Waals surface area contributed by atoms with E-state index in [0.717, 1.165) is 38.3 Å². The Bertz CT molecular complexity index is 419. The Morgan fingerprint density at radius 1 is 1.26 bits per heavy atom. The van der Waals surface area contributed by atoms with Crippen LogP contribution in [-0.2, 0) is 4.74 Å². The number of urea groups is 1. The van der Waals surface area contributed by atoms with Gasteiger partial charge in [0.1, 0.15) is 0 Å². The van der Waals surface area contributed by atoms with Crippen LogP contribution in [0.15, 0.2) is 24.3 Å². The molecule has 0 unspecified atom stereocenters. The fourth-order valence-corrected chi connectivity index (χ4v) is 2.19. The number of carbonyl (C=O) groups is 1. The molecule has 1 fully saturated rings. The zero-order valence-electron chi connectivity index (χ0n) is 11.3. The molecular weight excluding hydrogens is 242 g/mol. The monoisotopic (exact) mass is 263 g/mol. The molecule has 0 spiro atoms. The number of amides is 2. The Labute approximate surface area is 113 Å². The minimum absolute atomic E-state index is 0.0706. The average molecular weight is 263 g/mol. The van der Waals surface area contributed by atoms with Crippen LogP contribution < -0.4 is 10.6 Å². The highest BCUT2D eigenvalue weighted by Crippen LogP contribution is 2.21. The van der Waals surface area contributed by atoms with Crippen LogP contribution in [0, 0.1) is 0 Å². The topological polar surface area (TPSA) is 58.8 Å². The van der Waals surface area contributed by atoms with Crippen molar-refractivity contribution in [3.05, 3.63) is 24.3 Å². The molecule has 1 aliphatic heterocycles. The van der Waals surface area contributed by atoms with Crippen molar-refractivity contribution in [1.82, 2.24) is 4.90 Å². The van der Waals surface area contributed by atoms with E-state index in [0.29, 0.717) is 12.3 Å². The molecule has 2 amide bonds. The molecule has 19 heavy (non-hydrogen) atoms. The lowest BCUT2D eigenvalue weighted by molar-refractivity contribution is 0.137. The van der Waals surface area contributed by atoms with E-state index in [4.69, 9.17) is 10.5 Å². The van der Waals surface area contributed by atoms with E-state index in [1.807, 2.05) is 36.1 Å². The normalized spacial score (nSPS) is 15.3. The number of hydrogen-bond acceptors (Lipinski definition) is 3. The third-order valence-corrected chi connectivity index (χ3v) is 3.22. The summed E-state index contributed by atoms with van der Waals surface area (Å²) in [6.07, 6.45) is 0.884. The number of benzene rings is 1. The molecule has 1 heterocycles. The highest BCUT2D eigenvalue weighted by Gasteiger charge is 2.28. The molecule has 0 aromatic heterocycles. The summed E-state index contributed by atoms with van der Waals surface area (Å²) in [4.78, 5) is 15.9. The van der Waals surface area contributed by atoms with Crippen molar-refractivity contribution in [2.75, 3.05) is 43.5 Å². The number of carbonyl (C=O) groups excluding carboxylic acids is 1. The summed E-state index contributed by atoms with van der Waals surface area (Å²) in [6, 6.07) is 7.48.